The fourth-order valence-electron chi connectivity index (χ4n) is 2.01. The molecular weight excluding hydrogens is 312 g/mol. The summed E-state index contributed by atoms with van der Waals surface area (Å²) in [4.78, 5) is 33.7. The average molecular weight is 336 g/mol. The molecule has 8 nitrogen and oxygen atoms in total. The Hall–Kier alpha value is -2.61. The maximum atomic E-state index is 11.9. The topological polar surface area (TPSA) is 148 Å². The number of hydrogen-bond donors (Lipinski definition) is 5. The molecule has 1 unspecified atom stereocenters. The molecule has 132 valence electrons. The fourth-order valence-corrected chi connectivity index (χ4v) is 2.01. The predicted molar refractivity (Wildman–Crippen MR) is 88.9 cm³/mol. The second-order valence-electron chi connectivity index (χ2n) is 5.47. The standard InChI is InChI=1S/C16H24N4O4/c17-13(9-11-4-6-12(21)7-5-11)16(24)19-8-2-1-3-15(23)20-10-14(18)22/h4-7,13,21H,1-3,8-10,17H2,(H2,18,22)(H,19,24)(H,20,23). The number of rotatable bonds is 10. The zero-order chi connectivity index (χ0) is 17.9. The second kappa shape index (κ2) is 10.2. The van der Waals surface area contributed by atoms with E-state index in [0.717, 1.165) is 5.56 Å². The van der Waals surface area contributed by atoms with Crippen LogP contribution >= 0.6 is 0 Å². The van der Waals surface area contributed by atoms with E-state index >= 15 is 0 Å². The summed E-state index contributed by atoms with van der Waals surface area (Å²) in [5.74, 6) is -0.930. The molecular formula is C16H24N4O4. The van der Waals surface area contributed by atoms with Crippen LogP contribution in [0.25, 0.3) is 0 Å². The summed E-state index contributed by atoms with van der Waals surface area (Å²) in [6, 6.07) is 5.85. The van der Waals surface area contributed by atoms with Gasteiger partial charge in [-0.2, -0.15) is 0 Å². The van der Waals surface area contributed by atoms with Gasteiger partial charge < -0.3 is 27.2 Å². The molecule has 0 fully saturated rings. The average Bonchev–Trinajstić information content (AvgIpc) is 2.54. The Morgan fingerprint density at radius 2 is 1.75 bits per heavy atom. The van der Waals surface area contributed by atoms with Crippen molar-refractivity contribution in [2.75, 3.05) is 13.1 Å². The van der Waals surface area contributed by atoms with E-state index in [4.69, 9.17) is 11.5 Å². The number of unbranched alkanes of at least 4 members (excludes halogenated alkanes) is 1. The summed E-state index contributed by atoms with van der Waals surface area (Å²) in [5, 5.41) is 14.3. The van der Waals surface area contributed by atoms with E-state index in [1.165, 1.54) is 0 Å². The molecule has 0 saturated carbocycles. The van der Waals surface area contributed by atoms with Gasteiger partial charge in [-0.1, -0.05) is 12.1 Å². The van der Waals surface area contributed by atoms with E-state index in [0.29, 0.717) is 25.8 Å². The minimum absolute atomic E-state index is 0.164. The Bertz CT molecular complexity index is 560. The van der Waals surface area contributed by atoms with Gasteiger partial charge in [0.1, 0.15) is 5.75 Å². The molecule has 1 atom stereocenters. The molecule has 0 bridgehead atoms. The molecule has 3 amide bonds. The summed E-state index contributed by atoms with van der Waals surface area (Å²) >= 11 is 0. The van der Waals surface area contributed by atoms with Gasteiger partial charge in [0.2, 0.25) is 17.7 Å². The molecule has 0 aromatic heterocycles. The van der Waals surface area contributed by atoms with Gasteiger partial charge in [-0.05, 0) is 37.0 Å². The molecule has 1 aromatic carbocycles. The monoisotopic (exact) mass is 336 g/mol. The van der Waals surface area contributed by atoms with Crippen molar-refractivity contribution in [1.82, 2.24) is 10.6 Å². The Kier molecular flexibility index (Phi) is 8.28. The van der Waals surface area contributed by atoms with E-state index in [1.54, 1.807) is 24.3 Å². The van der Waals surface area contributed by atoms with Crippen molar-refractivity contribution in [1.29, 1.82) is 0 Å². The van der Waals surface area contributed by atoms with Crippen LogP contribution in [0.2, 0.25) is 0 Å². The Labute approximate surface area is 140 Å². The van der Waals surface area contributed by atoms with E-state index in [2.05, 4.69) is 10.6 Å². The SMILES string of the molecule is NC(=O)CNC(=O)CCCCNC(=O)C(N)Cc1ccc(O)cc1. The van der Waals surface area contributed by atoms with Crippen LogP contribution in [0.3, 0.4) is 0 Å². The number of benzene rings is 1. The summed E-state index contributed by atoms with van der Waals surface area (Å²) in [7, 11) is 0. The number of nitrogens with two attached hydrogens (primary N) is 2. The number of nitrogens with one attached hydrogen (secondary N) is 2. The van der Waals surface area contributed by atoms with Crippen molar-refractivity contribution in [3.05, 3.63) is 29.8 Å². The first-order chi connectivity index (χ1) is 11.4. The second-order valence-corrected chi connectivity index (χ2v) is 5.47. The Balaban J connectivity index is 2.15. The smallest absolute Gasteiger partial charge is 0.237 e. The quantitative estimate of drug-likeness (QED) is 0.353. The van der Waals surface area contributed by atoms with Crippen LogP contribution in [-0.2, 0) is 20.8 Å². The number of carbonyl (C=O) groups is 3. The minimum atomic E-state index is -0.673. The molecule has 8 heteroatoms. The maximum absolute atomic E-state index is 11.9. The van der Waals surface area contributed by atoms with E-state index < -0.39 is 11.9 Å². The lowest BCUT2D eigenvalue weighted by molar-refractivity contribution is -0.124. The van der Waals surface area contributed by atoms with Gasteiger partial charge in [0, 0.05) is 13.0 Å². The van der Waals surface area contributed by atoms with Gasteiger partial charge in [0.15, 0.2) is 0 Å². The zero-order valence-electron chi connectivity index (χ0n) is 13.5. The molecule has 0 heterocycles. The van der Waals surface area contributed by atoms with Crippen LogP contribution in [0.5, 0.6) is 5.75 Å². The van der Waals surface area contributed by atoms with Crippen molar-refractivity contribution >= 4 is 17.7 Å². The Morgan fingerprint density at radius 3 is 2.38 bits per heavy atom. The summed E-state index contributed by atoms with van der Waals surface area (Å²) in [6.45, 7) is 0.257. The van der Waals surface area contributed by atoms with Crippen molar-refractivity contribution in [2.45, 2.75) is 31.7 Å². The molecule has 0 aliphatic carbocycles. The minimum Gasteiger partial charge on any atom is -0.508 e. The fraction of sp³-hybridized carbons (Fsp3) is 0.438. The molecule has 7 N–H and O–H groups in total. The predicted octanol–water partition coefficient (Wildman–Crippen LogP) is -0.850. The summed E-state index contributed by atoms with van der Waals surface area (Å²) in [5.41, 5.74) is 11.6. The lowest BCUT2D eigenvalue weighted by atomic mass is 10.1. The Morgan fingerprint density at radius 1 is 1.08 bits per heavy atom. The summed E-state index contributed by atoms with van der Waals surface area (Å²) in [6.07, 6.45) is 1.85. The van der Waals surface area contributed by atoms with Crippen molar-refractivity contribution in [3.63, 3.8) is 0 Å². The van der Waals surface area contributed by atoms with Crippen molar-refractivity contribution in [2.24, 2.45) is 11.5 Å². The highest BCUT2D eigenvalue weighted by atomic mass is 16.3. The van der Waals surface area contributed by atoms with E-state index in [1.807, 2.05) is 0 Å². The van der Waals surface area contributed by atoms with Crippen LogP contribution in [-0.4, -0.2) is 42.0 Å². The van der Waals surface area contributed by atoms with E-state index in [9.17, 15) is 19.5 Å². The van der Waals surface area contributed by atoms with Gasteiger partial charge >= 0.3 is 0 Å². The van der Waals surface area contributed by atoms with Crippen LogP contribution in [0.15, 0.2) is 24.3 Å². The third kappa shape index (κ3) is 8.14. The number of amides is 3. The number of hydrogen-bond acceptors (Lipinski definition) is 5. The maximum Gasteiger partial charge on any atom is 0.237 e. The third-order valence-electron chi connectivity index (χ3n) is 3.32. The number of carbonyl (C=O) groups excluding carboxylic acids is 3. The summed E-state index contributed by atoms with van der Waals surface area (Å²) < 4.78 is 0. The van der Waals surface area contributed by atoms with Gasteiger partial charge in [-0.15, -0.1) is 0 Å². The third-order valence-corrected chi connectivity index (χ3v) is 3.32. The largest absolute Gasteiger partial charge is 0.508 e. The highest BCUT2D eigenvalue weighted by molar-refractivity contribution is 5.83. The van der Waals surface area contributed by atoms with Crippen LogP contribution in [0.4, 0.5) is 0 Å². The van der Waals surface area contributed by atoms with Crippen molar-refractivity contribution < 1.29 is 19.5 Å². The highest BCUT2D eigenvalue weighted by Gasteiger charge is 2.13. The van der Waals surface area contributed by atoms with Gasteiger partial charge in [-0.3, -0.25) is 14.4 Å². The number of phenols is 1. The van der Waals surface area contributed by atoms with Crippen LogP contribution in [0.1, 0.15) is 24.8 Å². The van der Waals surface area contributed by atoms with Gasteiger partial charge in [0.25, 0.3) is 0 Å². The van der Waals surface area contributed by atoms with Gasteiger partial charge in [0.05, 0.1) is 12.6 Å². The molecule has 0 spiro atoms. The molecule has 0 radical (unpaired) electrons. The lowest BCUT2D eigenvalue weighted by Crippen LogP contribution is -2.42. The zero-order valence-corrected chi connectivity index (χ0v) is 13.5. The molecule has 1 rings (SSSR count). The first kappa shape index (κ1) is 19.4. The molecule has 0 aliphatic heterocycles. The molecule has 1 aromatic rings. The highest BCUT2D eigenvalue weighted by Crippen LogP contribution is 2.10. The number of primary amides is 1. The first-order valence-corrected chi connectivity index (χ1v) is 7.74. The van der Waals surface area contributed by atoms with E-state index in [-0.39, 0.29) is 30.5 Å². The van der Waals surface area contributed by atoms with Gasteiger partial charge in [-0.25, -0.2) is 0 Å². The number of phenolic OH excluding ortho intramolecular Hbond substituents is 1. The molecule has 0 saturated heterocycles. The van der Waals surface area contributed by atoms with Crippen molar-refractivity contribution in [3.8, 4) is 5.75 Å². The normalized spacial score (nSPS) is 11.5. The molecule has 24 heavy (non-hydrogen) atoms. The van der Waals surface area contributed by atoms with Crippen LogP contribution in [0, 0.1) is 0 Å². The van der Waals surface area contributed by atoms with Crippen LogP contribution < -0.4 is 22.1 Å². The molecule has 0 aliphatic rings. The first-order valence-electron chi connectivity index (χ1n) is 7.74. The lowest BCUT2D eigenvalue weighted by Gasteiger charge is -2.12. The number of aromatic hydroxyl groups is 1.